The minimum Gasteiger partial charge on any atom is -0.390 e. The van der Waals surface area contributed by atoms with Crippen LogP contribution in [-0.4, -0.2) is 33.9 Å². The average molecular weight is 211 g/mol. The molecule has 0 saturated carbocycles. The molecule has 1 rings (SSSR count). The first-order valence-corrected chi connectivity index (χ1v) is 5.05. The van der Waals surface area contributed by atoms with Crippen LogP contribution in [0, 0.1) is 6.92 Å². The van der Waals surface area contributed by atoms with Gasteiger partial charge < -0.3 is 10.4 Å². The number of rotatable bonds is 5. The van der Waals surface area contributed by atoms with E-state index in [0.717, 1.165) is 12.1 Å². The lowest BCUT2D eigenvalue weighted by molar-refractivity contribution is 0.150. The minimum absolute atomic E-state index is 0.278. The van der Waals surface area contributed by atoms with Gasteiger partial charge in [0.2, 0.25) is 0 Å². The van der Waals surface area contributed by atoms with Crippen molar-refractivity contribution in [3.8, 4) is 0 Å². The number of likely N-dealkylation sites (N-methyl/N-ethyl adjacent to an activating group) is 1. The van der Waals surface area contributed by atoms with Gasteiger partial charge in [0.1, 0.15) is 0 Å². The topological polar surface area (TPSA) is 67.2 Å². The number of aromatic nitrogens is 2. The number of nitrogens with one attached hydrogen (secondary N) is 1. The Balaban J connectivity index is 2.63. The molecule has 1 aromatic rings. The van der Waals surface area contributed by atoms with Crippen molar-refractivity contribution in [3.63, 3.8) is 0 Å². The highest BCUT2D eigenvalue weighted by atomic mass is 16.3. The molecule has 1 aromatic heterocycles. The summed E-state index contributed by atoms with van der Waals surface area (Å²) in [6.07, 6.45) is 2.66. The van der Waals surface area contributed by atoms with Crippen LogP contribution in [0.4, 0.5) is 0 Å². The average Bonchev–Trinajstić information content (AvgIpc) is 2.20. The molecular formula is C10H17N3O2. The number of nitrogens with zero attached hydrogens (tertiary/aromatic N) is 2. The standard InChI is InChI=1S/C10H17N3O2/c1-3-11-5-9(14)7-13-6-8(2)4-12-10(13)15/h4,6,9,11,14H,3,5,7H2,1-2H3. The molecule has 5 nitrogen and oxygen atoms in total. The fourth-order valence-corrected chi connectivity index (χ4v) is 1.30. The van der Waals surface area contributed by atoms with E-state index in [9.17, 15) is 9.90 Å². The molecule has 0 radical (unpaired) electrons. The van der Waals surface area contributed by atoms with Gasteiger partial charge in [-0.2, -0.15) is 0 Å². The summed E-state index contributed by atoms with van der Waals surface area (Å²) in [7, 11) is 0. The lowest BCUT2D eigenvalue weighted by Crippen LogP contribution is -2.34. The zero-order valence-electron chi connectivity index (χ0n) is 9.10. The normalized spacial score (nSPS) is 12.7. The van der Waals surface area contributed by atoms with Gasteiger partial charge in [-0.15, -0.1) is 0 Å². The van der Waals surface area contributed by atoms with Crippen LogP contribution in [0.25, 0.3) is 0 Å². The third kappa shape index (κ3) is 3.81. The predicted molar refractivity (Wildman–Crippen MR) is 57.8 cm³/mol. The second-order valence-electron chi connectivity index (χ2n) is 3.53. The molecule has 0 amide bonds. The quantitative estimate of drug-likeness (QED) is 0.690. The fraction of sp³-hybridized carbons (Fsp3) is 0.600. The third-order valence-corrected chi connectivity index (χ3v) is 2.02. The van der Waals surface area contributed by atoms with Crippen molar-refractivity contribution in [2.75, 3.05) is 13.1 Å². The molecule has 0 saturated heterocycles. The molecule has 1 atom stereocenters. The molecule has 0 spiro atoms. The van der Waals surface area contributed by atoms with Crippen molar-refractivity contribution in [2.24, 2.45) is 0 Å². The van der Waals surface area contributed by atoms with E-state index in [2.05, 4.69) is 10.3 Å². The molecule has 15 heavy (non-hydrogen) atoms. The molecule has 1 heterocycles. The number of aliphatic hydroxyl groups is 1. The number of hydrogen-bond donors (Lipinski definition) is 2. The SMILES string of the molecule is CCNCC(O)Cn1cc(C)cnc1=O. The Bertz CT molecular complexity index is 362. The summed E-state index contributed by atoms with van der Waals surface area (Å²) in [5.41, 5.74) is 0.585. The highest BCUT2D eigenvalue weighted by Gasteiger charge is 2.05. The third-order valence-electron chi connectivity index (χ3n) is 2.02. The van der Waals surface area contributed by atoms with Gasteiger partial charge in [-0.25, -0.2) is 9.78 Å². The molecule has 1 unspecified atom stereocenters. The Morgan fingerprint density at radius 3 is 3.07 bits per heavy atom. The fourth-order valence-electron chi connectivity index (χ4n) is 1.30. The van der Waals surface area contributed by atoms with Gasteiger partial charge in [0.15, 0.2) is 0 Å². The van der Waals surface area contributed by atoms with Crippen molar-refractivity contribution in [3.05, 3.63) is 28.4 Å². The maximum Gasteiger partial charge on any atom is 0.347 e. The Morgan fingerprint density at radius 1 is 1.67 bits per heavy atom. The highest BCUT2D eigenvalue weighted by molar-refractivity contribution is 4.99. The van der Waals surface area contributed by atoms with Gasteiger partial charge in [0.05, 0.1) is 12.6 Å². The van der Waals surface area contributed by atoms with Gasteiger partial charge in [-0.3, -0.25) is 4.57 Å². The lowest BCUT2D eigenvalue weighted by atomic mass is 10.3. The van der Waals surface area contributed by atoms with Crippen molar-refractivity contribution in [1.82, 2.24) is 14.9 Å². The van der Waals surface area contributed by atoms with Gasteiger partial charge in [0, 0.05) is 18.9 Å². The Morgan fingerprint density at radius 2 is 2.40 bits per heavy atom. The summed E-state index contributed by atoms with van der Waals surface area (Å²) < 4.78 is 1.43. The summed E-state index contributed by atoms with van der Waals surface area (Å²) in [5.74, 6) is 0. The molecule has 0 aliphatic carbocycles. The molecule has 0 aliphatic rings. The van der Waals surface area contributed by atoms with Gasteiger partial charge in [-0.1, -0.05) is 6.92 Å². The van der Waals surface area contributed by atoms with Crippen LogP contribution in [0.3, 0.4) is 0 Å². The summed E-state index contributed by atoms with van der Waals surface area (Å²) >= 11 is 0. The summed E-state index contributed by atoms with van der Waals surface area (Å²) in [6.45, 7) is 5.39. The van der Waals surface area contributed by atoms with Gasteiger partial charge >= 0.3 is 5.69 Å². The van der Waals surface area contributed by atoms with E-state index in [-0.39, 0.29) is 12.2 Å². The maximum atomic E-state index is 11.3. The maximum absolute atomic E-state index is 11.3. The second kappa shape index (κ2) is 5.63. The van der Waals surface area contributed by atoms with Crippen molar-refractivity contribution < 1.29 is 5.11 Å². The van der Waals surface area contributed by atoms with Crippen LogP contribution in [0.1, 0.15) is 12.5 Å². The molecule has 2 N–H and O–H groups in total. The first-order valence-electron chi connectivity index (χ1n) is 5.05. The van der Waals surface area contributed by atoms with Gasteiger partial charge in [0.25, 0.3) is 0 Å². The van der Waals surface area contributed by atoms with Gasteiger partial charge in [-0.05, 0) is 19.0 Å². The molecule has 0 aromatic carbocycles. The number of aliphatic hydroxyl groups excluding tert-OH is 1. The lowest BCUT2D eigenvalue weighted by Gasteiger charge is -2.12. The summed E-state index contributed by atoms with van der Waals surface area (Å²) in [6, 6.07) is 0. The van der Waals surface area contributed by atoms with E-state index < -0.39 is 6.10 Å². The second-order valence-corrected chi connectivity index (χ2v) is 3.53. The monoisotopic (exact) mass is 211 g/mol. The van der Waals surface area contributed by atoms with Crippen molar-refractivity contribution in [2.45, 2.75) is 26.5 Å². The first kappa shape index (κ1) is 11.9. The smallest absolute Gasteiger partial charge is 0.347 e. The van der Waals surface area contributed by atoms with Crippen LogP contribution in [0.2, 0.25) is 0 Å². The molecule has 84 valence electrons. The molecule has 0 aliphatic heterocycles. The molecule has 0 bridgehead atoms. The predicted octanol–water partition coefficient (Wildman–Crippen LogP) is -0.478. The minimum atomic E-state index is -0.564. The van der Waals surface area contributed by atoms with E-state index in [1.807, 2.05) is 13.8 Å². The van der Waals surface area contributed by atoms with E-state index >= 15 is 0 Å². The van der Waals surface area contributed by atoms with E-state index in [0.29, 0.717) is 6.54 Å². The van der Waals surface area contributed by atoms with Crippen LogP contribution >= 0.6 is 0 Å². The summed E-state index contributed by atoms with van der Waals surface area (Å²) in [4.78, 5) is 15.0. The van der Waals surface area contributed by atoms with Crippen LogP contribution in [0.5, 0.6) is 0 Å². The Labute approximate surface area is 88.8 Å². The van der Waals surface area contributed by atoms with Crippen LogP contribution in [0.15, 0.2) is 17.2 Å². The molecule has 0 fully saturated rings. The number of hydrogen-bond acceptors (Lipinski definition) is 4. The van der Waals surface area contributed by atoms with E-state index in [1.165, 1.54) is 10.8 Å². The Kier molecular flexibility index (Phi) is 4.45. The van der Waals surface area contributed by atoms with E-state index in [4.69, 9.17) is 0 Å². The van der Waals surface area contributed by atoms with Crippen molar-refractivity contribution >= 4 is 0 Å². The zero-order chi connectivity index (χ0) is 11.3. The Hall–Kier alpha value is -1.20. The van der Waals surface area contributed by atoms with Crippen molar-refractivity contribution in [1.29, 1.82) is 0 Å². The largest absolute Gasteiger partial charge is 0.390 e. The molecule has 5 heteroatoms. The van der Waals surface area contributed by atoms with Crippen LogP contribution in [-0.2, 0) is 6.54 Å². The highest BCUT2D eigenvalue weighted by Crippen LogP contribution is 1.92. The van der Waals surface area contributed by atoms with Crippen LogP contribution < -0.4 is 11.0 Å². The first-order chi connectivity index (χ1) is 7.13. The van der Waals surface area contributed by atoms with E-state index in [1.54, 1.807) is 6.20 Å². The molecular weight excluding hydrogens is 194 g/mol. The number of aryl methyl sites for hydroxylation is 1. The summed E-state index contributed by atoms with van der Waals surface area (Å²) in [5, 5.41) is 12.6. The zero-order valence-corrected chi connectivity index (χ0v) is 9.10.